The lowest BCUT2D eigenvalue weighted by atomic mass is 9.91. The van der Waals surface area contributed by atoms with E-state index in [0.717, 1.165) is 30.3 Å². The third-order valence-corrected chi connectivity index (χ3v) is 4.20. The number of nitrogens with zero attached hydrogens (tertiary/aromatic N) is 4. The number of aliphatic hydroxyl groups is 1. The summed E-state index contributed by atoms with van der Waals surface area (Å²) >= 11 is 0. The third kappa shape index (κ3) is 2.42. The number of halogens is 3. The molecule has 1 aliphatic heterocycles. The summed E-state index contributed by atoms with van der Waals surface area (Å²) in [5.74, 6) is -0.585. The lowest BCUT2D eigenvalue weighted by molar-refractivity contribution is -0.148. The Morgan fingerprint density at radius 1 is 1.10 bits per heavy atom. The molecule has 1 saturated carbocycles. The Morgan fingerprint density at radius 3 is 2.55 bits per heavy atom. The second-order valence-corrected chi connectivity index (χ2v) is 5.48. The molecule has 1 aromatic rings. The van der Waals surface area contributed by atoms with E-state index in [2.05, 4.69) is 10.2 Å². The quantitative estimate of drug-likeness (QED) is 0.850. The summed E-state index contributed by atoms with van der Waals surface area (Å²) in [4.78, 5) is 2.04. The van der Waals surface area contributed by atoms with Crippen LogP contribution in [0.2, 0.25) is 0 Å². The Hall–Kier alpha value is -1.15. The highest BCUT2D eigenvalue weighted by atomic mass is 19.4. The maximum absolute atomic E-state index is 12.7. The molecule has 0 saturated heterocycles. The average Bonchev–Trinajstić information content (AvgIpc) is 2.82. The summed E-state index contributed by atoms with van der Waals surface area (Å²) in [6, 6.07) is 0.0311. The van der Waals surface area contributed by atoms with Gasteiger partial charge in [-0.3, -0.25) is 4.90 Å². The van der Waals surface area contributed by atoms with Gasteiger partial charge in [0, 0.05) is 19.1 Å². The van der Waals surface area contributed by atoms with Gasteiger partial charge in [-0.25, -0.2) is 0 Å². The Balaban J connectivity index is 1.78. The van der Waals surface area contributed by atoms with Crippen molar-refractivity contribution in [2.75, 3.05) is 6.54 Å². The zero-order valence-electron chi connectivity index (χ0n) is 11.0. The van der Waals surface area contributed by atoms with Crippen LogP contribution in [0.5, 0.6) is 0 Å². The molecule has 1 aromatic heterocycles. The first kappa shape index (κ1) is 13.8. The van der Waals surface area contributed by atoms with Gasteiger partial charge in [-0.2, -0.15) is 13.2 Å². The van der Waals surface area contributed by atoms with Gasteiger partial charge in [0.2, 0.25) is 5.82 Å². The zero-order valence-corrected chi connectivity index (χ0v) is 11.0. The number of fused-ring (bicyclic) bond motifs is 1. The molecule has 0 bridgehead atoms. The highest BCUT2D eigenvalue weighted by Gasteiger charge is 2.40. The number of hydrogen-bond acceptors (Lipinski definition) is 4. The highest BCUT2D eigenvalue weighted by molar-refractivity contribution is 5.03. The SMILES string of the molecule is O[C@H]1CCCC[C@@H]1N1CCn2c(nnc2C(F)(F)F)C1. The van der Waals surface area contributed by atoms with Crippen LogP contribution >= 0.6 is 0 Å². The normalized spacial score (nSPS) is 28.4. The standard InChI is InChI=1S/C12H17F3N4O/c13-12(14,15)11-17-16-10-7-18(5-6-19(10)11)8-3-1-2-4-9(8)20/h8-9,20H,1-7H2/t8-,9-/m0/s1. The van der Waals surface area contributed by atoms with Crippen LogP contribution in [0.25, 0.3) is 0 Å². The van der Waals surface area contributed by atoms with E-state index in [9.17, 15) is 18.3 Å². The molecule has 1 N–H and O–H groups in total. The van der Waals surface area contributed by atoms with Crippen LogP contribution in [0.15, 0.2) is 0 Å². The van der Waals surface area contributed by atoms with Crippen molar-refractivity contribution in [3.63, 3.8) is 0 Å². The monoisotopic (exact) mass is 290 g/mol. The minimum atomic E-state index is -4.46. The van der Waals surface area contributed by atoms with Crippen molar-refractivity contribution in [1.82, 2.24) is 19.7 Å². The van der Waals surface area contributed by atoms with Crippen LogP contribution in [0.4, 0.5) is 13.2 Å². The maximum atomic E-state index is 12.7. The Morgan fingerprint density at radius 2 is 1.85 bits per heavy atom. The van der Waals surface area contributed by atoms with Crippen molar-refractivity contribution in [1.29, 1.82) is 0 Å². The van der Waals surface area contributed by atoms with Gasteiger partial charge in [-0.05, 0) is 12.8 Å². The maximum Gasteiger partial charge on any atom is 0.451 e. The first-order valence-corrected chi connectivity index (χ1v) is 6.88. The molecule has 0 amide bonds. The number of aromatic nitrogens is 3. The smallest absolute Gasteiger partial charge is 0.391 e. The van der Waals surface area contributed by atoms with Gasteiger partial charge in [0.15, 0.2) is 0 Å². The van der Waals surface area contributed by atoms with Crippen molar-refractivity contribution in [2.24, 2.45) is 0 Å². The van der Waals surface area contributed by atoms with Crippen LogP contribution in [0, 0.1) is 0 Å². The van der Waals surface area contributed by atoms with Gasteiger partial charge < -0.3 is 9.67 Å². The van der Waals surface area contributed by atoms with Crippen molar-refractivity contribution in [3.05, 3.63) is 11.6 Å². The first-order chi connectivity index (χ1) is 9.47. The Labute approximate surface area is 114 Å². The highest BCUT2D eigenvalue weighted by Crippen LogP contribution is 2.31. The molecule has 0 radical (unpaired) electrons. The van der Waals surface area contributed by atoms with Crippen molar-refractivity contribution < 1.29 is 18.3 Å². The lowest BCUT2D eigenvalue weighted by Gasteiger charge is -2.39. The van der Waals surface area contributed by atoms with Crippen LogP contribution < -0.4 is 0 Å². The average molecular weight is 290 g/mol. The fraction of sp³-hybridized carbons (Fsp3) is 0.833. The van der Waals surface area contributed by atoms with Gasteiger partial charge in [-0.1, -0.05) is 12.8 Å². The first-order valence-electron chi connectivity index (χ1n) is 6.88. The summed E-state index contributed by atoms with van der Waals surface area (Å²) < 4.78 is 39.4. The van der Waals surface area contributed by atoms with Gasteiger partial charge >= 0.3 is 6.18 Å². The molecule has 2 atom stereocenters. The number of rotatable bonds is 1. The van der Waals surface area contributed by atoms with E-state index in [4.69, 9.17) is 0 Å². The van der Waals surface area contributed by atoms with Crippen molar-refractivity contribution >= 4 is 0 Å². The molecule has 8 heteroatoms. The van der Waals surface area contributed by atoms with Gasteiger partial charge in [-0.15, -0.1) is 10.2 Å². The van der Waals surface area contributed by atoms with E-state index in [-0.39, 0.29) is 18.7 Å². The summed E-state index contributed by atoms with van der Waals surface area (Å²) in [5.41, 5.74) is 0. The summed E-state index contributed by atoms with van der Waals surface area (Å²) in [7, 11) is 0. The third-order valence-electron chi connectivity index (χ3n) is 4.20. The molecule has 112 valence electrons. The molecule has 0 unspecified atom stereocenters. The molecule has 0 spiro atoms. The van der Waals surface area contributed by atoms with E-state index >= 15 is 0 Å². The van der Waals surface area contributed by atoms with Gasteiger partial charge in [0.05, 0.1) is 12.6 Å². The fourth-order valence-corrected chi connectivity index (χ4v) is 3.19. The molecule has 5 nitrogen and oxygen atoms in total. The number of alkyl halides is 3. The minimum absolute atomic E-state index is 0.0311. The fourth-order valence-electron chi connectivity index (χ4n) is 3.19. The molecule has 1 aliphatic carbocycles. The van der Waals surface area contributed by atoms with E-state index in [1.807, 2.05) is 4.90 Å². The summed E-state index contributed by atoms with van der Waals surface area (Å²) in [6.45, 7) is 1.04. The van der Waals surface area contributed by atoms with Gasteiger partial charge in [0.1, 0.15) is 5.82 Å². The lowest BCUT2D eigenvalue weighted by Crippen LogP contribution is -2.48. The second-order valence-electron chi connectivity index (χ2n) is 5.48. The Bertz CT molecular complexity index is 488. The van der Waals surface area contributed by atoms with Gasteiger partial charge in [0.25, 0.3) is 0 Å². The molecule has 1 fully saturated rings. The van der Waals surface area contributed by atoms with Crippen molar-refractivity contribution in [3.8, 4) is 0 Å². The van der Waals surface area contributed by atoms with E-state index < -0.39 is 12.0 Å². The molecular weight excluding hydrogens is 273 g/mol. The Kier molecular flexibility index (Phi) is 3.45. The largest absolute Gasteiger partial charge is 0.451 e. The second kappa shape index (κ2) is 5.00. The van der Waals surface area contributed by atoms with Crippen LogP contribution in [-0.4, -0.2) is 43.5 Å². The summed E-state index contributed by atoms with van der Waals surface area (Å²) in [5, 5.41) is 17.0. The summed E-state index contributed by atoms with van der Waals surface area (Å²) in [6.07, 6.45) is -1.13. The predicted molar refractivity (Wildman–Crippen MR) is 63.7 cm³/mol. The molecular formula is C12H17F3N4O. The van der Waals surface area contributed by atoms with Crippen LogP contribution in [0.3, 0.4) is 0 Å². The number of hydrogen-bond donors (Lipinski definition) is 1. The van der Waals surface area contributed by atoms with Crippen LogP contribution in [0.1, 0.15) is 37.3 Å². The molecule has 3 rings (SSSR count). The van der Waals surface area contributed by atoms with E-state index in [1.54, 1.807) is 0 Å². The predicted octanol–water partition coefficient (Wildman–Crippen LogP) is 1.42. The van der Waals surface area contributed by atoms with E-state index in [1.165, 1.54) is 0 Å². The van der Waals surface area contributed by atoms with Crippen molar-refractivity contribution in [2.45, 2.75) is 57.1 Å². The molecule has 2 aliphatic rings. The van der Waals surface area contributed by atoms with E-state index in [0.29, 0.717) is 18.9 Å². The topological polar surface area (TPSA) is 54.2 Å². The minimum Gasteiger partial charge on any atom is -0.391 e. The molecule has 2 heterocycles. The molecule has 20 heavy (non-hydrogen) atoms. The molecule has 0 aromatic carbocycles. The number of aliphatic hydroxyl groups excluding tert-OH is 1. The zero-order chi connectivity index (χ0) is 14.3. The van der Waals surface area contributed by atoms with Crippen LogP contribution in [-0.2, 0) is 19.3 Å².